The Morgan fingerprint density at radius 3 is 2.25 bits per heavy atom. The summed E-state index contributed by atoms with van der Waals surface area (Å²) < 4.78 is 9.47. The van der Waals surface area contributed by atoms with Gasteiger partial charge in [0.05, 0.1) is 18.4 Å². The molecule has 7 heteroatoms. The average Bonchev–Trinajstić information content (AvgIpc) is 2.60. The molecule has 1 amide bonds. The van der Waals surface area contributed by atoms with Crippen LogP contribution in [0.15, 0.2) is 48.5 Å². The lowest BCUT2D eigenvalue weighted by atomic mass is 10.2. The summed E-state index contributed by atoms with van der Waals surface area (Å²) in [5, 5.41) is 12.0. The first-order chi connectivity index (χ1) is 11.5. The number of hydrogen-bond donors (Lipinski definition) is 2. The number of para-hydroxylation sites is 2. The van der Waals surface area contributed by atoms with E-state index >= 15 is 0 Å². The number of phenolic OH excluding ortho intramolecular Hbond substituents is 1. The van der Waals surface area contributed by atoms with E-state index in [1.807, 2.05) is 0 Å². The van der Waals surface area contributed by atoms with Gasteiger partial charge in [-0.15, -0.1) is 0 Å². The molecule has 0 radical (unpaired) electrons. The number of phenols is 1. The second-order valence-corrected chi connectivity index (χ2v) is 4.68. The number of hydrogen-bond acceptors (Lipinski definition) is 6. The van der Waals surface area contributed by atoms with Gasteiger partial charge in [-0.1, -0.05) is 24.3 Å². The van der Waals surface area contributed by atoms with Gasteiger partial charge in [0.15, 0.2) is 6.61 Å². The van der Waals surface area contributed by atoms with E-state index in [9.17, 15) is 19.5 Å². The fraction of sp³-hybridized carbons (Fsp3) is 0.118. The Morgan fingerprint density at radius 1 is 0.958 bits per heavy atom. The molecule has 2 N–H and O–H groups in total. The molecule has 0 atom stereocenters. The molecule has 0 saturated heterocycles. The van der Waals surface area contributed by atoms with Crippen molar-refractivity contribution in [2.24, 2.45) is 0 Å². The molecule has 24 heavy (non-hydrogen) atoms. The van der Waals surface area contributed by atoms with Gasteiger partial charge in [-0.25, -0.2) is 9.59 Å². The van der Waals surface area contributed by atoms with Crippen molar-refractivity contribution in [3.63, 3.8) is 0 Å². The zero-order valence-corrected chi connectivity index (χ0v) is 12.8. The van der Waals surface area contributed by atoms with Gasteiger partial charge in [-0.2, -0.15) is 0 Å². The molecule has 0 bridgehead atoms. The van der Waals surface area contributed by atoms with E-state index in [0.717, 1.165) is 0 Å². The van der Waals surface area contributed by atoms with E-state index in [-0.39, 0.29) is 22.6 Å². The zero-order chi connectivity index (χ0) is 17.5. The molecule has 124 valence electrons. The zero-order valence-electron chi connectivity index (χ0n) is 12.8. The van der Waals surface area contributed by atoms with E-state index < -0.39 is 24.5 Å². The summed E-state index contributed by atoms with van der Waals surface area (Å²) >= 11 is 0. The fourth-order valence-corrected chi connectivity index (χ4v) is 1.92. The van der Waals surface area contributed by atoms with Gasteiger partial charge in [-0.3, -0.25) is 4.79 Å². The summed E-state index contributed by atoms with van der Waals surface area (Å²) in [7, 11) is 1.23. The Hall–Kier alpha value is -3.35. The normalized spacial score (nSPS) is 9.88. The smallest absolute Gasteiger partial charge is 0.342 e. The Balaban J connectivity index is 1.99. The number of carbonyl (C=O) groups is 3. The van der Waals surface area contributed by atoms with Crippen LogP contribution in [0.25, 0.3) is 0 Å². The summed E-state index contributed by atoms with van der Waals surface area (Å²) in [6.45, 7) is -0.567. The van der Waals surface area contributed by atoms with Crippen LogP contribution in [0.3, 0.4) is 0 Å². The van der Waals surface area contributed by atoms with E-state index in [2.05, 4.69) is 10.1 Å². The van der Waals surface area contributed by atoms with Crippen molar-refractivity contribution in [3.8, 4) is 5.75 Å². The number of esters is 2. The highest BCUT2D eigenvalue weighted by atomic mass is 16.5. The molecule has 7 nitrogen and oxygen atoms in total. The topological polar surface area (TPSA) is 102 Å². The van der Waals surface area contributed by atoms with Crippen LogP contribution in [0.2, 0.25) is 0 Å². The molecular weight excluding hydrogens is 314 g/mol. The van der Waals surface area contributed by atoms with Crippen molar-refractivity contribution in [1.82, 2.24) is 0 Å². The lowest BCUT2D eigenvalue weighted by Gasteiger charge is -2.10. The molecule has 0 aliphatic carbocycles. The minimum atomic E-state index is -0.829. The molecule has 0 aliphatic rings. The molecule has 0 aromatic heterocycles. The van der Waals surface area contributed by atoms with Gasteiger partial charge < -0.3 is 19.9 Å². The SMILES string of the molecule is COC(=O)c1ccccc1NC(=O)COC(=O)c1ccccc1O. The fourth-order valence-electron chi connectivity index (χ4n) is 1.92. The molecule has 0 saturated carbocycles. The number of methoxy groups -OCH3 is 1. The Labute approximate surface area is 137 Å². The third kappa shape index (κ3) is 4.10. The Bertz CT molecular complexity index is 771. The maximum Gasteiger partial charge on any atom is 0.342 e. The standard InChI is InChI=1S/C17H15NO6/c1-23-16(21)11-6-2-4-8-13(11)18-15(20)10-24-17(22)12-7-3-5-9-14(12)19/h2-9,19H,10H2,1H3,(H,18,20). The average molecular weight is 329 g/mol. The minimum Gasteiger partial charge on any atom is -0.507 e. The van der Waals surface area contributed by atoms with Crippen LogP contribution < -0.4 is 5.32 Å². The largest absolute Gasteiger partial charge is 0.507 e. The maximum absolute atomic E-state index is 11.9. The van der Waals surface area contributed by atoms with Gasteiger partial charge in [0.25, 0.3) is 5.91 Å². The lowest BCUT2D eigenvalue weighted by molar-refractivity contribution is -0.119. The van der Waals surface area contributed by atoms with Crippen LogP contribution in [0.5, 0.6) is 5.75 Å². The molecule has 0 heterocycles. The molecule has 2 rings (SSSR count). The first-order valence-electron chi connectivity index (χ1n) is 6.95. The van der Waals surface area contributed by atoms with Gasteiger partial charge in [0, 0.05) is 0 Å². The third-order valence-electron chi connectivity index (χ3n) is 3.06. The van der Waals surface area contributed by atoms with E-state index in [1.165, 1.54) is 31.4 Å². The molecule has 0 aliphatic heterocycles. The third-order valence-corrected chi connectivity index (χ3v) is 3.06. The Morgan fingerprint density at radius 2 is 1.58 bits per heavy atom. The number of anilines is 1. The van der Waals surface area contributed by atoms with Crippen molar-refractivity contribution in [2.75, 3.05) is 19.0 Å². The second kappa shape index (κ2) is 7.77. The summed E-state index contributed by atoms with van der Waals surface area (Å²) in [4.78, 5) is 35.3. The number of ether oxygens (including phenoxy) is 2. The first-order valence-corrected chi connectivity index (χ1v) is 6.95. The molecule has 0 fully saturated rings. The quantitative estimate of drug-likeness (QED) is 0.813. The molecule has 0 unspecified atom stereocenters. The lowest BCUT2D eigenvalue weighted by Crippen LogP contribution is -2.22. The summed E-state index contributed by atoms with van der Waals surface area (Å²) in [6.07, 6.45) is 0. The minimum absolute atomic E-state index is 0.0414. The number of aromatic hydroxyl groups is 1. The summed E-state index contributed by atoms with van der Waals surface area (Å²) in [6, 6.07) is 12.1. The molecular formula is C17H15NO6. The van der Waals surface area contributed by atoms with Crippen molar-refractivity contribution in [3.05, 3.63) is 59.7 Å². The monoisotopic (exact) mass is 329 g/mol. The van der Waals surface area contributed by atoms with E-state index in [4.69, 9.17) is 4.74 Å². The molecule has 0 spiro atoms. The van der Waals surface area contributed by atoms with E-state index in [1.54, 1.807) is 24.3 Å². The summed E-state index contributed by atoms with van der Waals surface area (Å²) in [5.41, 5.74) is 0.383. The van der Waals surface area contributed by atoms with Gasteiger partial charge in [0.1, 0.15) is 11.3 Å². The first kappa shape index (κ1) is 17.0. The maximum atomic E-state index is 11.9. The van der Waals surface area contributed by atoms with Crippen LogP contribution in [0.1, 0.15) is 20.7 Å². The number of carbonyl (C=O) groups excluding carboxylic acids is 3. The number of rotatable bonds is 5. The Kier molecular flexibility index (Phi) is 5.51. The highest BCUT2D eigenvalue weighted by Crippen LogP contribution is 2.17. The van der Waals surface area contributed by atoms with Gasteiger partial charge >= 0.3 is 11.9 Å². The van der Waals surface area contributed by atoms with Gasteiger partial charge in [0.2, 0.25) is 0 Å². The molecule has 2 aromatic carbocycles. The van der Waals surface area contributed by atoms with Crippen molar-refractivity contribution in [1.29, 1.82) is 0 Å². The van der Waals surface area contributed by atoms with Crippen LogP contribution in [-0.4, -0.2) is 36.7 Å². The predicted molar refractivity (Wildman–Crippen MR) is 84.8 cm³/mol. The molecule has 2 aromatic rings. The number of amides is 1. The van der Waals surface area contributed by atoms with E-state index in [0.29, 0.717) is 0 Å². The second-order valence-electron chi connectivity index (χ2n) is 4.68. The number of nitrogens with one attached hydrogen (secondary N) is 1. The van der Waals surface area contributed by atoms with Gasteiger partial charge in [-0.05, 0) is 24.3 Å². The van der Waals surface area contributed by atoms with Crippen molar-refractivity contribution in [2.45, 2.75) is 0 Å². The predicted octanol–water partition coefficient (Wildman–Crippen LogP) is 1.97. The van der Waals surface area contributed by atoms with Crippen LogP contribution in [0.4, 0.5) is 5.69 Å². The number of benzene rings is 2. The summed E-state index contributed by atoms with van der Waals surface area (Å²) in [5.74, 6) is -2.30. The van der Waals surface area contributed by atoms with Crippen LogP contribution in [-0.2, 0) is 14.3 Å². The van der Waals surface area contributed by atoms with Crippen molar-refractivity contribution < 1.29 is 29.0 Å². The van der Waals surface area contributed by atoms with Crippen LogP contribution in [0, 0.1) is 0 Å². The van der Waals surface area contributed by atoms with Crippen LogP contribution >= 0.6 is 0 Å². The highest BCUT2D eigenvalue weighted by molar-refractivity contribution is 6.02. The van der Waals surface area contributed by atoms with Crippen molar-refractivity contribution >= 4 is 23.5 Å². The highest BCUT2D eigenvalue weighted by Gasteiger charge is 2.16.